The number of halogens is 2. The number of carbonyl (C=O) groups is 1. The first-order chi connectivity index (χ1) is 13.4. The Bertz CT molecular complexity index is 1160. The van der Waals surface area contributed by atoms with Gasteiger partial charge in [0.05, 0.1) is 15.0 Å². The fourth-order valence-corrected chi connectivity index (χ4v) is 2.74. The van der Waals surface area contributed by atoms with E-state index in [9.17, 15) is 20.2 Å². The van der Waals surface area contributed by atoms with Crippen LogP contribution in [0, 0.1) is 21.4 Å². The van der Waals surface area contributed by atoms with Crippen LogP contribution in [-0.4, -0.2) is 10.7 Å². The minimum absolute atomic E-state index is 0.0401. The van der Waals surface area contributed by atoms with Crippen molar-refractivity contribution >= 4 is 40.7 Å². The minimum atomic E-state index is -0.640. The molecule has 0 aliphatic heterocycles. The number of rotatable bonds is 5. The van der Waals surface area contributed by atoms with Gasteiger partial charge in [0.15, 0.2) is 0 Å². The largest absolute Gasteiger partial charge is 0.457 e. The molecule has 8 heteroatoms. The van der Waals surface area contributed by atoms with Gasteiger partial charge in [-0.3, -0.25) is 14.9 Å². The summed E-state index contributed by atoms with van der Waals surface area (Å²) in [6.45, 7) is 0. The lowest BCUT2D eigenvalue weighted by atomic mass is 10.0. The van der Waals surface area contributed by atoms with Crippen LogP contribution in [0.2, 0.25) is 10.0 Å². The third-order valence-electron chi connectivity index (χ3n) is 3.80. The number of furan rings is 1. The molecule has 1 aromatic heterocycles. The highest BCUT2D eigenvalue weighted by molar-refractivity contribution is 6.42. The van der Waals surface area contributed by atoms with Crippen LogP contribution in [0.1, 0.15) is 16.1 Å². The average Bonchev–Trinajstić information content (AvgIpc) is 3.16. The summed E-state index contributed by atoms with van der Waals surface area (Å²) in [5.74, 6) is 0.111. The van der Waals surface area contributed by atoms with Gasteiger partial charge in [0.25, 0.3) is 5.69 Å². The molecule has 1 heterocycles. The van der Waals surface area contributed by atoms with Crippen molar-refractivity contribution in [3.05, 3.63) is 91.7 Å². The Balaban J connectivity index is 1.91. The van der Waals surface area contributed by atoms with Crippen molar-refractivity contribution in [2.24, 2.45) is 0 Å². The van der Waals surface area contributed by atoms with Crippen molar-refractivity contribution in [2.75, 3.05) is 0 Å². The summed E-state index contributed by atoms with van der Waals surface area (Å²) in [5.41, 5.74) is 0.273. The van der Waals surface area contributed by atoms with Gasteiger partial charge >= 0.3 is 0 Å². The van der Waals surface area contributed by atoms with Crippen molar-refractivity contribution in [1.29, 1.82) is 5.26 Å². The maximum Gasteiger partial charge on any atom is 0.270 e. The fraction of sp³-hybridized carbons (Fsp3) is 0. The number of hydrogen-bond acceptors (Lipinski definition) is 5. The number of hydrogen-bond donors (Lipinski definition) is 0. The Labute approximate surface area is 169 Å². The minimum Gasteiger partial charge on any atom is -0.457 e. The summed E-state index contributed by atoms with van der Waals surface area (Å²) in [4.78, 5) is 22.8. The molecule has 0 amide bonds. The van der Waals surface area contributed by atoms with Gasteiger partial charge < -0.3 is 4.42 Å². The molecule has 0 aliphatic rings. The van der Waals surface area contributed by atoms with Crippen LogP contribution in [0.15, 0.2) is 64.6 Å². The number of nitrogens with zero attached hydrogens (tertiary/aromatic N) is 2. The summed E-state index contributed by atoms with van der Waals surface area (Å²) in [6.07, 6.45) is 1.28. The van der Waals surface area contributed by atoms with Crippen LogP contribution in [0.3, 0.4) is 0 Å². The maximum atomic E-state index is 12.5. The summed E-state index contributed by atoms with van der Waals surface area (Å²) in [6, 6.07) is 15.2. The molecule has 0 saturated heterocycles. The molecule has 0 radical (unpaired) electrons. The van der Waals surface area contributed by atoms with Gasteiger partial charge in [-0.2, -0.15) is 5.26 Å². The normalized spacial score (nSPS) is 11.1. The average molecular weight is 413 g/mol. The third kappa shape index (κ3) is 4.12. The zero-order valence-corrected chi connectivity index (χ0v) is 15.6. The molecule has 0 saturated carbocycles. The highest BCUT2D eigenvalue weighted by Gasteiger charge is 2.16. The van der Waals surface area contributed by atoms with Crippen molar-refractivity contribution in [3.8, 4) is 17.4 Å². The van der Waals surface area contributed by atoms with Crippen molar-refractivity contribution in [3.63, 3.8) is 0 Å². The molecule has 6 nitrogen and oxygen atoms in total. The molecule has 138 valence electrons. The molecule has 3 aromatic rings. The second-order valence-corrected chi connectivity index (χ2v) is 6.45. The number of ketones is 1. The maximum absolute atomic E-state index is 12.5. The molecule has 0 aliphatic carbocycles. The first-order valence-electron chi connectivity index (χ1n) is 7.85. The lowest BCUT2D eigenvalue weighted by Gasteiger charge is -2.00. The Kier molecular flexibility index (Phi) is 5.59. The molecule has 3 rings (SSSR count). The Hall–Kier alpha value is -3.40. The van der Waals surface area contributed by atoms with Crippen LogP contribution in [0.25, 0.3) is 17.4 Å². The van der Waals surface area contributed by atoms with Crippen LogP contribution in [0.4, 0.5) is 5.69 Å². The quantitative estimate of drug-likeness (QED) is 0.169. The second kappa shape index (κ2) is 8.09. The van der Waals surface area contributed by atoms with E-state index in [2.05, 4.69) is 0 Å². The molecule has 2 aromatic carbocycles. The van der Waals surface area contributed by atoms with E-state index in [1.165, 1.54) is 24.3 Å². The topological polar surface area (TPSA) is 97.1 Å². The van der Waals surface area contributed by atoms with E-state index in [0.717, 1.165) is 6.07 Å². The lowest BCUT2D eigenvalue weighted by molar-refractivity contribution is -0.384. The van der Waals surface area contributed by atoms with Crippen LogP contribution in [0.5, 0.6) is 0 Å². The van der Waals surface area contributed by atoms with Gasteiger partial charge in [-0.25, -0.2) is 0 Å². The molecule has 0 spiro atoms. The zero-order valence-electron chi connectivity index (χ0n) is 14.1. The summed E-state index contributed by atoms with van der Waals surface area (Å²) < 4.78 is 5.66. The number of carbonyl (C=O) groups excluding carboxylic acids is 1. The Morgan fingerprint density at radius 1 is 1.11 bits per heavy atom. The van der Waals surface area contributed by atoms with Gasteiger partial charge in [0.2, 0.25) is 5.78 Å². The van der Waals surface area contributed by atoms with Crippen molar-refractivity contribution < 1.29 is 14.1 Å². The van der Waals surface area contributed by atoms with Gasteiger partial charge in [-0.15, -0.1) is 0 Å². The monoisotopic (exact) mass is 412 g/mol. The molecular weight excluding hydrogens is 403 g/mol. The number of nitriles is 1. The first kappa shape index (κ1) is 19.4. The van der Waals surface area contributed by atoms with E-state index in [4.69, 9.17) is 27.6 Å². The van der Waals surface area contributed by atoms with Gasteiger partial charge in [0.1, 0.15) is 23.2 Å². The molecule has 0 bridgehead atoms. The SMILES string of the molecule is N#CC(=Cc1ccc(-c2ccc(Cl)c(Cl)c2)o1)C(=O)c1cccc([N+](=O)[O-])c1. The number of Topliss-reactive ketones (excluding diaryl/α,β-unsaturated/α-hetero) is 1. The predicted molar refractivity (Wildman–Crippen MR) is 105 cm³/mol. The molecular formula is C20H10Cl2N2O4. The summed E-state index contributed by atoms with van der Waals surface area (Å²) >= 11 is 11.9. The third-order valence-corrected chi connectivity index (χ3v) is 4.54. The molecule has 0 fully saturated rings. The Morgan fingerprint density at radius 3 is 2.57 bits per heavy atom. The molecule has 28 heavy (non-hydrogen) atoms. The molecule has 0 unspecified atom stereocenters. The summed E-state index contributed by atoms with van der Waals surface area (Å²) in [5, 5.41) is 21.0. The first-order valence-corrected chi connectivity index (χ1v) is 8.61. The van der Waals surface area contributed by atoms with Gasteiger partial charge in [-0.1, -0.05) is 35.3 Å². The van der Waals surface area contributed by atoms with E-state index >= 15 is 0 Å². The van der Waals surface area contributed by atoms with Crippen LogP contribution in [-0.2, 0) is 0 Å². The van der Waals surface area contributed by atoms with Gasteiger partial charge in [0, 0.05) is 29.3 Å². The van der Waals surface area contributed by atoms with Gasteiger partial charge in [-0.05, 0) is 30.3 Å². The number of nitro groups is 1. The van der Waals surface area contributed by atoms with Crippen LogP contribution >= 0.6 is 23.2 Å². The zero-order chi connectivity index (χ0) is 20.3. The number of non-ortho nitro benzene ring substituents is 1. The fourth-order valence-electron chi connectivity index (χ4n) is 2.44. The van der Waals surface area contributed by atoms with Crippen LogP contribution < -0.4 is 0 Å². The number of allylic oxidation sites excluding steroid dienone is 1. The van der Waals surface area contributed by atoms with E-state index in [1.807, 2.05) is 0 Å². The Morgan fingerprint density at radius 2 is 1.89 bits per heavy atom. The highest BCUT2D eigenvalue weighted by Crippen LogP contribution is 2.30. The van der Waals surface area contributed by atoms with E-state index in [0.29, 0.717) is 21.4 Å². The number of nitro benzene ring substituents is 1. The summed E-state index contributed by atoms with van der Waals surface area (Å²) in [7, 11) is 0. The van der Waals surface area contributed by atoms with Crippen molar-refractivity contribution in [2.45, 2.75) is 0 Å². The highest BCUT2D eigenvalue weighted by atomic mass is 35.5. The van der Waals surface area contributed by atoms with E-state index < -0.39 is 10.7 Å². The van der Waals surface area contributed by atoms with E-state index in [1.54, 1.807) is 36.4 Å². The second-order valence-electron chi connectivity index (χ2n) is 5.64. The van der Waals surface area contributed by atoms with Crippen molar-refractivity contribution in [1.82, 2.24) is 0 Å². The molecule has 0 N–H and O–H groups in total. The smallest absolute Gasteiger partial charge is 0.270 e. The molecule has 0 atom stereocenters. The predicted octanol–water partition coefficient (Wildman–Crippen LogP) is 5.95. The lowest BCUT2D eigenvalue weighted by Crippen LogP contribution is -2.02. The number of benzene rings is 2. The van der Waals surface area contributed by atoms with E-state index in [-0.39, 0.29) is 22.6 Å². The standard InChI is InChI=1S/C20H10Cl2N2O4/c21-17-6-4-12(10-18(17)22)19-7-5-16(28-19)9-14(11-23)20(25)13-2-1-3-15(8-13)24(26)27/h1-10H.